The zero-order valence-electron chi connectivity index (χ0n) is 17.3. The van der Waals surface area contributed by atoms with Gasteiger partial charge in [0.15, 0.2) is 0 Å². The Hall–Kier alpha value is -2.90. The molecule has 2 aliphatic heterocycles. The molecule has 0 saturated carbocycles. The number of imide groups is 1. The summed E-state index contributed by atoms with van der Waals surface area (Å²) in [6, 6.07) is 6.60. The average molecular weight is 400 g/mol. The summed E-state index contributed by atoms with van der Waals surface area (Å²) in [6.07, 6.45) is 0.235. The number of urea groups is 1. The molecule has 3 rings (SSSR count). The van der Waals surface area contributed by atoms with Crippen LogP contribution in [0, 0.1) is 11.8 Å². The van der Waals surface area contributed by atoms with Crippen molar-refractivity contribution in [3.63, 3.8) is 0 Å². The minimum Gasteiger partial charge on any atom is -0.342 e. The van der Waals surface area contributed by atoms with Crippen molar-refractivity contribution in [2.45, 2.75) is 46.2 Å². The molecule has 1 atom stereocenters. The molecule has 0 spiro atoms. The maximum absolute atomic E-state index is 12.5. The van der Waals surface area contributed by atoms with Crippen LogP contribution in [0.15, 0.2) is 24.3 Å². The van der Waals surface area contributed by atoms with E-state index in [9.17, 15) is 19.2 Å². The van der Waals surface area contributed by atoms with E-state index in [2.05, 4.69) is 10.6 Å². The second-order valence-corrected chi connectivity index (χ2v) is 8.73. The Morgan fingerprint density at radius 2 is 1.86 bits per heavy atom. The van der Waals surface area contributed by atoms with Crippen molar-refractivity contribution in [3.8, 4) is 0 Å². The monoisotopic (exact) mass is 400 g/mol. The molecule has 8 nitrogen and oxygen atoms in total. The molecule has 8 heteroatoms. The first-order chi connectivity index (χ1) is 13.6. The van der Waals surface area contributed by atoms with Crippen molar-refractivity contribution in [1.29, 1.82) is 0 Å². The number of amides is 5. The lowest BCUT2D eigenvalue weighted by Gasteiger charge is -2.18. The lowest BCUT2D eigenvalue weighted by molar-refractivity contribution is -0.130. The molecule has 1 aromatic rings. The van der Waals surface area contributed by atoms with Crippen LogP contribution < -0.4 is 10.6 Å². The van der Waals surface area contributed by atoms with Gasteiger partial charge in [0.25, 0.3) is 5.91 Å². The van der Waals surface area contributed by atoms with Crippen LogP contribution in [0.5, 0.6) is 0 Å². The molecule has 0 bridgehead atoms. The first kappa shape index (κ1) is 20.8. The number of hydrogen-bond acceptors (Lipinski definition) is 4. The summed E-state index contributed by atoms with van der Waals surface area (Å²) in [5, 5.41) is 5.50. The summed E-state index contributed by atoms with van der Waals surface area (Å²) >= 11 is 0. The van der Waals surface area contributed by atoms with Crippen LogP contribution in [-0.2, 0) is 20.9 Å². The zero-order valence-corrected chi connectivity index (χ0v) is 17.3. The standard InChI is InChI=1S/C21H28N4O4/c1-13(2)10-24-12-15(9-17(24)26)18(27)22-16-7-5-14(6-8-16)11-25-19(28)21(3,4)23-20(25)29/h5-8,13,15H,9-12H2,1-4H3,(H,22,27)(H,23,29). The molecule has 29 heavy (non-hydrogen) atoms. The van der Waals surface area contributed by atoms with Gasteiger partial charge in [0.1, 0.15) is 5.54 Å². The second-order valence-electron chi connectivity index (χ2n) is 8.73. The third-order valence-corrected chi connectivity index (χ3v) is 5.18. The van der Waals surface area contributed by atoms with Crippen LogP contribution in [0.2, 0.25) is 0 Å². The molecule has 1 aromatic carbocycles. The van der Waals surface area contributed by atoms with Crippen LogP contribution in [0.4, 0.5) is 10.5 Å². The first-order valence-electron chi connectivity index (χ1n) is 9.88. The zero-order chi connectivity index (χ0) is 21.3. The molecule has 0 radical (unpaired) electrons. The van der Waals surface area contributed by atoms with Gasteiger partial charge in [0, 0.05) is 25.2 Å². The predicted octanol–water partition coefficient (Wildman–Crippen LogP) is 1.96. The largest absolute Gasteiger partial charge is 0.342 e. The first-order valence-corrected chi connectivity index (χ1v) is 9.88. The second kappa shape index (κ2) is 7.85. The van der Waals surface area contributed by atoms with E-state index in [-0.39, 0.29) is 36.6 Å². The number of carbonyl (C=O) groups excluding carboxylic acids is 4. The molecule has 1 unspecified atom stereocenters. The maximum atomic E-state index is 12.5. The highest BCUT2D eigenvalue weighted by molar-refractivity contribution is 6.06. The number of benzene rings is 1. The number of nitrogens with one attached hydrogen (secondary N) is 2. The third-order valence-electron chi connectivity index (χ3n) is 5.18. The number of likely N-dealkylation sites (tertiary alicyclic amines) is 1. The molecule has 2 fully saturated rings. The molecule has 156 valence electrons. The molecule has 2 N–H and O–H groups in total. The quantitative estimate of drug-likeness (QED) is 0.713. The summed E-state index contributed by atoms with van der Waals surface area (Å²) in [5.74, 6) is -0.409. The predicted molar refractivity (Wildman–Crippen MR) is 108 cm³/mol. The van der Waals surface area contributed by atoms with E-state index < -0.39 is 11.6 Å². The van der Waals surface area contributed by atoms with E-state index in [1.807, 2.05) is 13.8 Å². The van der Waals surface area contributed by atoms with Gasteiger partial charge in [-0.25, -0.2) is 4.79 Å². The maximum Gasteiger partial charge on any atom is 0.325 e. The topological polar surface area (TPSA) is 98.8 Å². The van der Waals surface area contributed by atoms with Gasteiger partial charge in [-0.15, -0.1) is 0 Å². The van der Waals surface area contributed by atoms with Gasteiger partial charge < -0.3 is 15.5 Å². The molecular weight excluding hydrogens is 372 g/mol. The van der Waals surface area contributed by atoms with Crippen LogP contribution >= 0.6 is 0 Å². The molecule has 2 heterocycles. The number of hydrogen-bond donors (Lipinski definition) is 2. The summed E-state index contributed by atoms with van der Waals surface area (Å²) in [7, 11) is 0. The van der Waals surface area contributed by atoms with Gasteiger partial charge in [-0.2, -0.15) is 0 Å². The van der Waals surface area contributed by atoms with E-state index in [1.165, 1.54) is 4.90 Å². The summed E-state index contributed by atoms with van der Waals surface area (Å²) in [4.78, 5) is 51.8. The highest BCUT2D eigenvalue weighted by atomic mass is 16.2. The van der Waals surface area contributed by atoms with Gasteiger partial charge in [-0.05, 0) is 37.5 Å². The number of nitrogens with zero attached hydrogens (tertiary/aromatic N) is 2. The molecular formula is C21H28N4O4. The molecule has 2 aliphatic rings. The van der Waals surface area contributed by atoms with Crippen molar-refractivity contribution in [3.05, 3.63) is 29.8 Å². The van der Waals surface area contributed by atoms with Gasteiger partial charge in [-0.3, -0.25) is 19.3 Å². The van der Waals surface area contributed by atoms with E-state index in [4.69, 9.17) is 0 Å². The average Bonchev–Trinajstić information content (AvgIpc) is 3.08. The Balaban J connectivity index is 1.57. The Bertz CT molecular complexity index is 832. The van der Waals surface area contributed by atoms with Gasteiger partial charge in [0.05, 0.1) is 12.5 Å². The minimum atomic E-state index is -0.896. The Morgan fingerprint density at radius 3 is 2.41 bits per heavy atom. The smallest absolute Gasteiger partial charge is 0.325 e. The normalized spacial score (nSPS) is 21.1. The fourth-order valence-corrected chi connectivity index (χ4v) is 3.65. The van der Waals surface area contributed by atoms with Crippen molar-refractivity contribution >= 4 is 29.4 Å². The van der Waals surface area contributed by atoms with E-state index in [0.717, 1.165) is 5.56 Å². The highest BCUT2D eigenvalue weighted by Crippen LogP contribution is 2.22. The lowest BCUT2D eigenvalue weighted by Crippen LogP contribution is -2.40. The lowest BCUT2D eigenvalue weighted by atomic mass is 10.1. The number of anilines is 1. The molecule has 2 saturated heterocycles. The van der Waals surface area contributed by atoms with Gasteiger partial charge >= 0.3 is 6.03 Å². The Kier molecular flexibility index (Phi) is 5.64. The van der Waals surface area contributed by atoms with Crippen LogP contribution in [0.1, 0.15) is 39.7 Å². The fraction of sp³-hybridized carbons (Fsp3) is 0.524. The van der Waals surface area contributed by atoms with Crippen molar-refractivity contribution in [1.82, 2.24) is 15.1 Å². The molecule has 5 amide bonds. The summed E-state index contributed by atoms with van der Waals surface area (Å²) in [5.41, 5.74) is 0.502. The van der Waals surface area contributed by atoms with Gasteiger partial charge in [0.2, 0.25) is 11.8 Å². The number of rotatable bonds is 6. The Labute approximate surface area is 170 Å². The van der Waals surface area contributed by atoms with Crippen molar-refractivity contribution < 1.29 is 19.2 Å². The Morgan fingerprint density at radius 1 is 1.21 bits per heavy atom. The summed E-state index contributed by atoms with van der Waals surface area (Å²) in [6.45, 7) is 8.71. The summed E-state index contributed by atoms with van der Waals surface area (Å²) < 4.78 is 0. The molecule has 0 aromatic heterocycles. The van der Waals surface area contributed by atoms with Crippen LogP contribution in [-0.4, -0.2) is 52.2 Å². The van der Waals surface area contributed by atoms with Crippen molar-refractivity contribution in [2.24, 2.45) is 11.8 Å². The van der Waals surface area contributed by atoms with E-state index in [0.29, 0.717) is 24.7 Å². The SMILES string of the molecule is CC(C)CN1CC(C(=O)Nc2ccc(CN3C(=O)NC(C)(C)C3=O)cc2)CC1=O. The molecule has 0 aliphatic carbocycles. The number of carbonyl (C=O) groups is 4. The fourth-order valence-electron chi connectivity index (χ4n) is 3.65. The van der Waals surface area contributed by atoms with E-state index >= 15 is 0 Å². The van der Waals surface area contributed by atoms with Crippen molar-refractivity contribution in [2.75, 3.05) is 18.4 Å². The van der Waals surface area contributed by atoms with Crippen LogP contribution in [0.25, 0.3) is 0 Å². The van der Waals surface area contributed by atoms with Crippen LogP contribution in [0.3, 0.4) is 0 Å². The highest BCUT2D eigenvalue weighted by Gasteiger charge is 2.44. The van der Waals surface area contributed by atoms with Gasteiger partial charge in [-0.1, -0.05) is 26.0 Å². The minimum absolute atomic E-state index is 0.0191. The third kappa shape index (κ3) is 4.58. The van der Waals surface area contributed by atoms with E-state index in [1.54, 1.807) is 43.0 Å².